The molecule has 2 aromatic carbocycles. The first-order chi connectivity index (χ1) is 15.1. The predicted molar refractivity (Wildman–Crippen MR) is 126 cm³/mol. The summed E-state index contributed by atoms with van der Waals surface area (Å²) in [6.07, 6.45) is 1.58. The lowest BCUT2D eigenvalue weighted by Gasteiger charge is -2.28. The van der Waals surface area contributed by atoms with Crippen molar-refractivity contribution in [2.75, 3.05) is 0 Å². The zero-order valence-electron chi connectivity index (χ0n) is 19.3. The minimum absolute atomic E-state index is 0.0407. The van der Waals surface area contributed by atoms with Gasteiger partial charge in [-0.25, -0.2) is 13.4 Å². The Kier molecular flexibility index (Phi) is 7.19. The zero-order valence-corrected chi connectivity index (χ0v) is 20.1. The number of sulfone groups is 1. The summed E-state index contributed by atoms with van der Waals surface area (Å²) in [5.74, 6) is -0.214. The van der Waals surface area contributed by atoms with Crippen LogP contribution in [0.1, 0.15) is 60.9 Å². The standard InChI is InChI=1S/C25H31N3O3S/c1-18(2)27(24(29)22-9-7-6-8-10-22)16-23-15-26-25(28(23)19(3)4)32(30,31)17-21-13-11-20(5)12-14-21/h6-15,18-19H,16-17H2,1-5H3. The van der Waals surface area contributed by atoms with E-state index in [1.165, 1.54) is 0 Å². The average Bonchev–Trinajstić information content (AvgIpc) is 3.18. The third kappa shape index (κ3) is 5.27. The van der Waals surface area contributed by atoms with Crippen molar-refractivity contribution in [1.29, 1.82) is 0 Å². The van der Waals surface area contributed by atoms with Gasteiger partial charge in [0.2, 0.25) is 15.0 Å². The monoisotopic (exact) mass is 453 g/mol. The van der Waals surface area contributed by atoms with E-state index in [1.54, 1.807) is 27.8 Å². The number of nitrogens with zero attached hydrogens (tertiary/aromatic N) is 3. The summed E-state index contributed by atoms with van der Waals surface area (Å²) in [5.41, 5.74) is 3.09. The largest absolute Gasteiger partial charge is 0.330 e. The van der Waals surface area contributed by atoms with Crippen LogP contribution >= 0.6 is 0 Å². The number of hydrogen-bond donors (Lipinski definition) is 0. The first-order valence-electron chi connectivity index (χ1n) is 10.8. The van der Waals surface area contributed by atoms with Gasteiger partial charge in [-0.3, -0.25) is 4.79 Å². The number of aryl methyl sites for hydroxylation is 1. The first-order valence-corrected chi connectivity index (χ1v) is 12.5. The number of benzene rings is 2. The van der Waals surface area contributed by atoms with E-state index in [9.17, 15) is 13.2 Å². The minimum atomic E-state index is -3.66. The molecule has 0 fully saturated rings. The van der Waals surface area contributed by atoms with Crippen LogP contribution in [0.3, 0.4) is 0 Å². The molecule has 1 aromatic heterocycles. The van der Waals surface area contributed by atoms with Crippen molar-refractivity contribution in [3.05, 3.63) is 83.2 Å². The molecular formula is C25H31N3O3S. The number of aromatic nitrogens is 2. The van der Waals surface area contributed by atoms with E-state index in [1.807, 2.05) is 77.1 Å². The Balaban J connectivity index is 1.94. The van der Waals surface area contributed by atoms with Crippen molar-refractivity contribution in [3.8, 4) is 0 Å². The van der Waals surface area contributed by atoms with E-state index >= 15 is 0 Å². The lowest BCUT2D eigenvalue weighted by Crippen LogP contribution is -2.37. The highest BCUT2D eigenvalue weighted by atomic mass is 32.2. The van der Waals surface area contributed by atoms with Crippen molar-refractivity contribution in [2.45, 2.75) is 64.2 Å². The third-order valence-electron chi connectivity index (χ3n) is 5.35. The van der Waals surface area contributed by atoms with Crippen molar-refractivity contribution in [3.63, 3.8) is 0 Å². The Bertz CT molecular complexity index is 1160. The predicted octanol–water partition coefficient (Wildman–Crippen LogP) is 4.80. The number of rotatable bonds is 8. The van der Waals surface area contributed by atoms with Gasteiger partial charge in [0.25, 0.3) is 5.91 Å². The number of carbonyl (C=O) groups excluding carboxylic acids is 1. The van der Waals surface area contributed by atoms with Gasteiger partial charge in [0.1, 0.15) is 0 Å². The number of amides is 1. The lowest BCUT2D eigenvalue weighted by atomic mass is 10.1. The van der Waals surface area contributed by atoms with E-state index in [4.69, 9.17) is 0 Å². The van der Waals surface area contributed by atoms with Gasteiger partial charge in [-0.1, -0.05) is 48.0 Å². The molecule has 0 N–H and O–H groups in total. The molecule has 0 spiro atoms. The SMILES string of the molecule is Cc1ccc(CS(=O)(=O)c2ncc(CN(C(=O)c3ccccc3)C(C)C)n2C(C)C)cc1. The van der Waals surface area contributed by atoms with Crippen molar-refractivity contribution < 1.29 is 13.2 Å². The molecule has 1 heterocycles. The second kappa shape index (κ2) is 9.69. The smallest absolute Gasteiger partial charge is 0.254 e. The normalized spacial score (nSPS) is 11.8. The molecule has 7 heteroatoms. The molecule has 0 aliphatic carbocycles. The molecule has 0 unspecified atom stereocenters. The van der Waals surface area contributed by atoms with E-state index < -0.39 is 9.84 Å². The highest BCUT2D eigenvalue weighted by Gasteiger charge is 2.27. The van der Waals surface area contributed by atoms with E-state index in [0.29, 0.717) is 11.3 Å². The van der Waals surface area contributed by atoms with Crippen LogP contribution in [-0.2, 0) is 22.1 Å². The molecule has 0 saturated heterocycles. The molecule has 0 radical (unpaired) electrons. The number of hydrogen-bond acceptors (Lipinski definition) is 4. The van der Waals surface area contributed by atoms with Crippen LogP contribution in [-0.4, -0.2) is 34.8 Å². The van der Waals surface area contributed by atoms with Gasteiger partial charge in [-0.15, -0.1) is 0 Å². The van der Waals surface area contributed by atoms with Gasteiger partial charge in [0.15, 0.2) is 0 Å². The van der Waals surface area contributed by atoms with Crippen LogP contribution in [0.5, 0.6) is 0 Å². The van der Waals surface area contributed by atoms with Crippen LogP contribution in [0.2, 0.25) is 0 Å². The van der Waals surface area contributed by atoms with Gasteiger partial charge in [-0.2, -0.15) is 0 Å². The van der Waals surface area contributed by atoms with Crippen LogP contribution in [0.15, 0.2) is 66.0 Å². The molecule has 1 amide bonds. The topological polar surface area (TPSA) is 72.3 Å². The van der Waals surface area contributed by atoms with Gasteiger partial charge < -0.3 is 9.47 Å². The fourth-order valence-corrected chi connectivity index (χ4v) is 5.26. The summed E-state index contributed by atoms with van der Waals surface area (Å²) >= 11 is 0. The van der Waals surface area contributed by atoms with E-state index in [0.717, 1.165) is 11.1 Å². The van der Waals surface area contributed by atoms with Gasteiger partial charge in [-0.05, 0) is 52.3 Å². The summed E-state index contributed by atoms with van der Waals surface area (Å²) in [4.78, 5) is 19.2. The maximum Gasteiger partial charge on any atom is 0.254 e. The molecular weight excluding hydrogens is 422 g/mol. The molecule has 170 valence electrons. The molecule has 0 saturated carbocycles. The Labute approximate surface area is 190 Å². The molecule has 0 bridgehead atoms. The summed E-state index contributed by atoms with van der Waals surface area (Å²) in [7, 11) is -3.66. The first kappa shape index (κ1) is 23.7. The summed E-state index contributed by atoms with van der Waals surface area (Å²) in [6.45, 7) is 9.99. The maximum atomic E-state index is 13.2. The highest BCUT2D eigenvalue weighted by molar-refractivity contribution is 7.90. The summed E-state index contributed by atoms with van der Waals surface area (Å²) < 4.78 is 28.2. The average molecular weight is 454 g/mol. The van der Waals surface area contributed by atoms with E-state index in [-0.39, 0.29) is 35.4 Å². The van der Waals surface area contributed by atoms with Gasteiger partial charge in [0, 0.05) is 17.6 Å². The molecule has 3 rings (SSSR count). The Morgan fingerprint density at radius 2 is 1.62 bits per heavy atom. The van der Waals surface area contributed by atoms with Crippen LogP contribution in [0.4, 0.5) is 0 Å². The Morgan fingerprint density at radius 3 is 2.19 bits per heavy atom. The van der Waals surface area contributed by atoms with Gasteiger partial charge >= 0.3 is 0 Å². The fraction of sp³-hybridized carbons (Fsp3) is 0.360. The lowest BCUT2D eigenvalue weighted by molar-refractivity contribution is 0.0684. The number of imidazole rings is 1. The molecule has 0 aliphatic rings. The zero-order chi connectivity index (χ0) is 23.5. The maximum absolute atomic E-state index is 13.2. The molecule has 0 aliphatic heterocycles. The fourth-order valence-electron chi connectivity index (χ4n) is 3.65. The summed E-state index contributed by atoms with van der Waals surface area (Å²) in [6, 6.07) is 16.4. The molecule has 6 nitrogen and oxygen atoms in total. The summed E-state index contributed by atoms with van der Waals surface area (Å²) in [5, 5.41) is 0.0407. The highest BCUT2D eigenvalue weighted by Crippen LogP contribution is 2.24. The van der Waals surface area contributed by atoms with Crippen LogP contribution in [0.25, 0.3) is 0 Å². The quantitative estimate of drug-likeness (QED) is 0.491. The third-order valence-corrected chi connectivity index (χ3v) is 6.92. The Hall–Kier alpha value is -2.93. The molecule has 32 heavy (non-hydrogen) atoms. The number of carbonyl (C=O) groups is 1. The van der Waals surface area contributed by atoms with Crippen LogP contribution < -0.4 is 0 Å². The van der Waals surface area contributed by atoms with E-state index in [2.05, 4.69) is 4.98 Å². The van der Waals surface area contributed by atoms with Crippen LogP contribution in [0, 0.1) is 6.92 Å². The molecule has 0 atom stereocenters. The van der Waals surface area contributed by atoms with Crippen molar-refractivity contribution >= 4 is 15.7 Å². The van der Waals surface area contributed by atoms with Crippen molar-refractivity contribution in [2.24, 2.45) is 0 Å². The second-order valence-electron chi connectivity index (χ2n) is 8.63. The van der Waals surface area contributed by atoms with Gasteiger partial charge in [0.05, 0.1) is 24.2 Å². The van der Waals surface area contributed by atoms with Crippen molar-refractivity contribution in [1.82, 2.24) is 14.5 Å². The second-order valence-corrected chi connectivity index (χ2v) is 10.5. The molecule has 3 aromatic rings. The Morgan fingerprint density at radius 1 is 1.00 bits per heavy atom. The minimum Gasteiger partial charge on any atom is -0.330 e.